The van der Waals surface area contributed by atoms with E-state index in [1.54, 1.807) is 0 Å². The molecule has 1 aliphatic heterocycles. The molecule has 0 radical (unpaired) electrons. The normalized spacial score (nSPS) is 19.9. The van der Waals surface area contributed by atoms with E-state index >= 15 is 0 Å². The number of halogens is 1. The van der Waals surface area contributed by atoms with E-state index in [-0.39, 0.29) is 17.8 Å². The first-order chi connectivity index (χ1) is 9.30. The summed E-state index contributed by atoms with van der Waals surface area (Å²) in [7, 11) is -3.41. The minimum absolute atomic E-state index is 0.153. The maximum absolute atomic E-state index is 13.8. The molecule has 1 aromatic carbocycles. The van der Waals surface area contributed by atoms with Gasteiger partial charge < -0.3 is 10.6 Å². The molecule has 0 saturated carbocycles. The molecule has 0 aliphatic carbocycles. The van der Waals surface area contributed by atoms with Crippen LogP contribution >= 0.6 is 11.8 Å². The number of nitrogen functional groups attached to an aromatic ring is 1. The Morgan fingerprint density at radius 2 is 2.20 bits per heavy atom. The predicted molar refractivity (Wildman–Crippen MR) is 77.8 cm³/mol. The van der Waals surface area contributed by atoms with Gasteiger partial charge in [-0.05, 0) is 18.2 Å². The number of anilines is 1. The minimum Gasteiger partial charge on any atom is -0.399 e. The van der Waals surface area contributed by atoms with Crippen molar-refractivity contribution >= 4 is 33.2 Å². The van der Waals surface area contributed by atoms with Crippen LogP contribution in [0, 0.1) is 5.82 Å². The standard InChI is InChI=1S/C12H15FN2O3S2/c1-20(17,18)11-7-19-5-4-15(11)12(16)9-3-2-8(14)6-10(9)13/h2-3,6,11H,4-5,7,14H2,1H3. The lowest BCUT2D eigenvalue weighted by Crippen LogP contribution is -2.50. The number of rotatable bonds is 2. The average Bonchev–Trinajstić information content (AvgIpc) is 2.37. The van der Waals surface area contributed by atoms with Gasteiger partial charge in [0.05, 0.1) is 5.56 Å². The molecule has 2 rings (SSSR count). The molecule has 1 heterocycles. The summed E-state index contributed by atoms with van der Waals surface area (Å²) in [6.45, 7) is 0.283. The van der Waals surface area contributed by atoms with E-state index in [9.17, 15) is 17.6 Å². The fraction of sp³-hybridized carbons (Fsp3) is 0.417. The van der Waals surface area contributed by atoms with E-state index in [0.717, 1.165) is 12.3 Å². The van der Waals surface area contributed by atoms with Crippen LogP contribution in [0.1, 0.15) is 10.4 Å². The van der Waals surface area contributed by atoms with Crippen molar-refractivity contribution in [2.75, 3.05) is 30.0 Å². The highest BCUT2D eigenvalue weighted by Crippen LogP contribution is 2.23. The van der Waals surface area contributed by atoms with Crippen LogP contribution < -0.4 is 5.73 Å². The number of carbonyl (C=O) groups is 1. The molecule has 20 heavy (non-hydrogen) atoms. The van der Waals surface area contributed by atoms with Crippen LogP contribution in [0.2, 0.25) is 0 Å². The molecule has 1 fully saturated rings. The van der Waals surface area contributed by atoms with Crippen LogP contribution in [0.4, 0.5) is 10.1 Å². The fourth-order valence-corrected chi connectivity index (χ4v) is 4.84. The van der Waals surface area contributed by atoms with Crippen molar-refractivity contribution in [3.05, 3.63) is 29.6 Å². The van der Waals surface area contributed by atoms with Gasteiger partial charge in [0.2, 0.25) is 0 Å². The Hall–Kier alpha value is -1.28. The SMILES string of the molecule is CS(=O)(=O)C1CSCCN1C(=O)c1ccc(N)cc1F. The first-order valence-corrected chi connectivity index (χ1v) is 9.04. The van der Waals surface area contributed by atoms with Crippen LogP contribution in [0.15, 0.2) is 18.2 Å². The molecule has 0 aromatic heterocycles. The Balaban J connectivity index is 2.35. The Labute approximate surface area is 121 Å². The summed E-state index contributed by atoms with van der Waals surface area (Å²) >= 11 is 1.47. The van der Waals surface area contributed by atoms with Gasteiger partial charge in [0, 0.05) is 30.0 Å². The van der Waals surface area contributed by atoms with Crippen molar-refractivity contribution in [1.82, 2.24) is 4.90 Å². The number of benzene rings is 1. The lowest BCUT2D eigenvalue weighted by molar-refractivity contribution is 0.0745. The van der Waals surface area contributed by atoms with Crippen molar-refractivity contribution in [3.63, 3.8) is 0 Å². The van der Waals surface area contributed by atoms with Crippen LogP contribution in [-0.2, 0) is 9.84 Å². The van der Waals surface area contributed by atoms with Crippen molar-refractivity contribution in [1.29, 1.82) is 0 Å². The maximum Gasteiger partial charge on any atom is 0.257 e. The van der Waals surface area contributed by atoms with Crippen LogP contribution in [0.5, 0.6) is 0 Å². The number of hydrogen-bond acceptors (Lipinski definition) is 5. The van der Waals surface area contributed by atoms with Gasteiger partial charge in [-0.3, -0.25) is 4.79 Å². The van der Waals surface area contributed by atoms with E-state index in [0.29, 0.717) is 11.5 Å². The second-order valence-corrected chi connectivity index (χ2v) is 7.95. The quantitative estimate of drug-likeness (QED) is 0.822. The molecule has 0 bridgehead atoms. The number of thioether (sulfide) groups is 1. The zero-order chi connectivity index (χ0) is 14.9. The van der Waals surface area contributed by atoms with E-state index in [4.69, 9.17) is 5.73 Å². The van der Waals surface area contributed by atoms with Crippen LogP contribution in [-0.4, -0.2) is 48.9 Å². The zero-order valence-corrected chi connectivity index (χ0v) is 12.5. The van der Waals surface area contributed by atoms with E-state index in [2.05, 4.69) is 0 Å². The molecule has 2 N–H and O–H groups in total. The smallest absolute Gasteiger partial charge is 0.257 e. The Morgan fingerprint density at radius 3 is 2.80 bits per heavy atom. The number of nitrogens with two attached hydrogens (primary N) is 1. The summed E-state index contributed by atoms with van der Waals surface area (Å²) in [5.74, 6) is -0.408. The lowest BCUT2D eigenvalue weighted by Gasteiger charge is -2.34. The third-order valence-electron chi connectivity index (χ3n) is 3.06. The topological polar surface area (TPSA) is 80.5 Å². The van der Waals surface area contributed by atoms with E-state index in [1.165, 1.54) is 28.8 Å². The van der Waals surface area contributed by atoms with Crippen molar-refractivity contribution in [2.24, 2.45) is 0 Å². The molecule has 0 spiro atoms. The van der Waals surface area contributed by atoms with Crippen molar-refractivity contribution in [3.8, 4) is 0 Å². The van der Waals surface area contributed by atoms with Gasteiger partial charge >= 0.3 is 0 Å². The van der Waals surface area contributed by atoms with Gasteiger partial charge in [0.15, 0.2) is 9.84 Å². The molecule has 1 saturated heterocycles. The number of nitrogens with zero attached hydrogens (tertiary/aromatic N) is 1. The number of hydrogen-bond donors (Lipinski definition) is 1. The van der Waals surface area contributed by atoms with Gasteiger partial charge in [0.25, 0.3) is 5.91 Å². The lowest BCUT2D eigenvalue weighted by atomic mass is 10.1. The number of carbonyl (C=O) groups excluding carboxylic acids is 1. The van der Waals surface area contributed by atoms with Gasteiger partial charge in [-0.1, -0.05) is 0 Å². The Bertz CT molecular complexity index is 634. The Morgan fingerprint density at radius 1 is 1.50 bits per heavy atom. The first kappa shape index (κ1) is 15.1. The van der Waals surface area contributed by atoms with E-state index in [1.807, 2.05) is 0 Å². The molecular weight excluding hydrogens is 303 g/mol. The zero-order valence-electron chi connectivity index (χ0n) is 10.9. The highest BCUT2D eigenvalue weighted by Gasteiger charge is 2.35. The fourth-order valence-electron chi connectivity index (χ4n) is 2.03. The highest BCUT2D eigenvalue weighted by atomic mass is 32.2. The molecule has 110 valence electrons. The second kappa shape index (κ2) is 5.61. The minimum atomic E-state index is -3.41. The largest absolute Gasteiger partial charge is 0.399 e. The molecule has 1 aromatic rings. The van der Waals surface area contributed by atoms with Gasteiger partial charge in [-0.25, -0.2) is 12.8 Å². The Kier molecular flexibility index (Phi) is 4.24. The molecule has 1 aliphatic rings. The third-order valence-corrected chi connectivity index (χ3v) is 5.71. The van der Waals surface area contributed by atoms with E-state index < -0.39 is 26.9 Å². The average molecular weight is 318 g/mol. The monoisotopic (exact) mass is 318 g/mol. The first-order valence-electron chi connectivity index (χ1n) is 5.93. The highest BCUT2D eigenvalue weighted by molar-refractivity contribution is 8.00. The van der Waals surface area contributed by atoms with Crippen LogP contribution in [0.25, 0.3) is 0 Å². The third kappa shape index (κ3) is 3.06. The summed E-state index contributed by atoms with van der Waals surface area (Å²) < 4.78 is 37.3. The molecular formula is C12H15FN2O3S2. The molecule has 1 unspecified atom stereocenters. The van der Waals surface area contributed by atoms with Crippen molar-refractivity contribution in [2.45, 2.75) is 5.37 Å². The summed E-state index contributed by atoms with van der Waals surface area (Å²) in [6, 6.07) is 3.76. The predicted octanol–water partition coefficient (Wildman–Crippen LogP) is 0.968. The number of sulfone groups is 1. The van der Waals surface area contributed by atoms with Gasteiger partial charge in [0.1, 0.15) is 11.2 Å². The second-order valence-electron chi connectivity index (χ2n) is 4.60. The number of amides is 1. The molecule has 1 atom stereocenters. The van der Waals surface area contributed by atoms with Gasteiger partial charge in [-0.2, -0.15) is 11.8 Å². The summed E-state index contributed by atoms with van der Waals surface area (Å²) in [5, 5.41) is -0.911. The molecule has 1 amide bonds. The maximum atomic E-state index is 13.8. The van der Waals surface area contributed by atoms with Gasteiger partial charge in [-0.15, -0.1) is 0 Å². The molecule has 8 heteroatoms. The summed E-state index contributed by atoms with van der Waals surface area (Å²) in [5.41, 5.74) is 5.50. The summed E-state index contributed by atoms with van der Waals surface area (Å²) in [6.07, 6.45) is 1.09. The van der Waals surface area contributed by atoms with Crippen molar-refractivity contribution < 1.29 is 17.6 Å². The summed E-state index contributed by atoms with van der Waals surface area (Å²) in [4.78, 5) is 13.6. The molecule has 5 nitrogen and oxygen atoms in total. The van der Waals surface area contributed by atoms with Crippen LogP contribution in [0.3, 0.4) is 0 Å².